The zero-order valence-electron chi connectivity index (χ0n) is 23.4. The van der Waals surface area contributed by atoms with Gasteiger partial charge in [0.05, 0.1) is 6.10 Å². The van der Waals surface area contributed by atoms with Crippen molar-refractivity contribution in [3.8, 4) is 5.75 Å². The van der Waals surface area contributed by atoms with Gasteiger partial charge in [0, 0.05) is 38.2 Å². The number of amides is 2. The summed E-state index contributed by atoms with van der Waals surface area (Å²) in [6, 6.07) is 16.6. The molecule has 0 spiro atoms. The van der Waals surface area contributed by atoms with Crippen molar-refractivity contribution in [2.45, 2.75) is 69.4 Å². The third kappa shape index (κ3) is 8.85. The zero-order chi connectivity index (χ0) is 29.2. The number of aliphatic hydroxyl groups excluding tert-OH is 3. The Morgan fingerprint density at radius 2 is 1.68 bits per heavy atom. The van der Waals surface area contributed by atoms with Gasteiger partial charge >= 0.3 is 0 Å². The average molecular weight is 568 g/mol. The highest BCUT2D eigenvalue weighted by Gasteiger charge is 2.43. The summed E-state index contributed by atoms with van der Waals surface area (Å²) in [5.74, 6) is 0.312. The molecule has 4 rings (SSSR count). The van der Waals surface area contributed by atoms with E-state index in [2.05, 4.69) is 10.6 Å². The van der Waals surface area contributed by atoms with Crippen LogP contribution in [0.15, 0.2) is 60.7 Å². The molecule has 2 saturated heterocycles. The number of carbonyl (C=O) groups is 2. The number of carbonyl (C=O) groups excluding carboxylic acids is 2. The van der Waals surface area contributed by atoms with Crippen molar-refractivity contribution in [2.75, 3.05) is 26.2 Å². The molecular weight excluding hydrogens is 526 g/mol. The number of rotatable bonds is 5. The molecule has 10 heteroatoms. The van der Waals surface area contributed by atoms with Crippen LogP contribution in [0.25, 0.3) is 6.08 Å². The van der Waals surface area contributed by atoms with E-state index < -0.39 is 30.7 Å². The van der Waals surface area contributed by atoms with Crippen molar-refractivity contribution in [3.05, 3.63) is 71.8 Å². The van der Waals surface area contributed by atoms with Gasteiger partial charge < -0.3 is 40.3 Å². The van der Waals surface area contributed by atoms with Gasteiger partial charge in [0.2, 0.25) is 18.1 Å². The second kappa shape index (κ2) is 15.1. The van der Waals surface area contributed by atoms with Crippen LogP contribution in [0.4, 0.5) is 0 Å². The second-order valence-corrected chi connectivity index (χ2v) is 10.6. The summed E-state index contributed by atoms with van der Waals surface area (Å²) in [6.07, 6.45) is 0.253. The Morgan fingerprint density at radius 1 is 0.951 bits per heavy atom. The van der Waals surface area contributed by atoms with Gasteiger partial charge in [0.25, 0.3) is 0 Å². The van der Waals surface area contributed by atoms with Crippen LogP contribution >= 0.6 is 0 Å². The SMILES string of the molecule is C[C@@H]1O[C@@H](Oc2ccc([C@@H]3CC(=O)NCCCN(C(=O)C=Cc4ccccc4)CCCCN3)cc2)[C@H](O)[C@H](O)[C@H]1O. The van der Waals surface area contributed by atoms with Crippen molar-refractivity contribution >= 4 is 17.9 Å². The fourth-order valence-corrected chi connectivity index (χ4v) is 4.96. The molecule has 222 valence electrons. The van der Waals surface area contributed by atoms with Crippen molar-refractivity contribution in [1.82, 2.24) is 15.5 Å². The van der Waals surface area contributed by atoms with Crippen molar-refractivity contribution in [2.24, 2.45) is 0 Å². The molecule has 0 bridgehead atoms. The quantitative estimate of drug-likeness (QED) is 0.345. The molecule has 0 saturated carbocycles. The molecule has 0 aromatic heterocycles. The van der Waals surface area contributed by atoms with E-state index in [1.54, 1.807) is 25.1 Å². The number of ether oxygens (including phenoxy) is 2. The summed E-state index contributed by atoms with van der Waals surface area (Å²) in [6.45, 7) is 3.97. The molecule has 2 fully saturated rings. The van der Waals surface area contributed by atoms with Crippen LogP contribution in [0, 0.1) is 0 Å². The molecule has 2 heterocycles. The van der Waals surface area contributed by atoms with Crippen molar-refractivity contribution in [3.63, 3.8) is 0 Å². The van der Waals surface area contributed by atoms with E-state index in [0.717, 1.165) is 24.0 Å². The first-order chi connectivity index (χ1) is 19.8. The predicted octanol–water partition coefficient (Wildman–Crippen LogP) is 1.76. The molecular formula is C31H41N3O7. The van der Waals surface area contributed by atoms with E-state index in [1.165, 1.54) is 0 Å². The van der Waals surface area contributed by atoms with Crippen molar-refractivity contribution in [1.29, 1.82) is 0 Å². The largest absolute Gasteiger partial charge is 0.462 e. The lowest BCUT2D eigenvalue weighted by Crippen LogP contribution is -2.58. The number of nitrogens with zero attached hydrogens (tertiary/aromatic N) is 1. The van der Waals surface area contributed by atoms with Gasteiger partial charge in [-0.05, 0) is 62.1 Å². The monoisotopic (exact) mass is 567 g/mol. The maximum Gasteiger partial charge on any atom is 0.246 e. The Kier molecular flexibility index (Phi) is 11.3. The topological polar surface area (TPSA) is 141 Å². The Labute approximate surface area is 241 Å². The number of nitrogens with one attached hydrogen (secondary N) is 2. The van der Waals surface area contributed by atoms with Gasteiger partial charge in [0.15, 0.2) is 0 Å². The molecule has 0 aliphatic carbocycles. The maximum atomic E-state index is 12.9. The lowest BCUT2D eigenvalue weighted by Gasteiger charge is -2.38. The predicted molar refractivity (Wildman–Crippen MR) is 154 cm³/mol. The smallest absolute Gasteiger partial charge is 0.246 e. The van der Waals surface area contributed by atoms with E-state index >= 15 is 0 Å². The average Bonchev–Trinajstić information content (AvgIpc) is 3.00. The Hall–Kier alpha value is -3.28. The number of hydrogen-bond acceptors (Lipinski definition) is 8. The summed E-state index contributed by atoms with van der Waals surface area (Å²) in [4.78, 5) is 27.4. The minimum atomic E-state index is -1.40. The fourth-order valence-electron chi connectivity index (χ4n) is 4.96. The molecule has 2 amide bonds. The van der Waals surface area contributed by atoms with Crippen molar-refractivity contribution < 1.29 is 34.4 Å². The zero-order valence-corrected chi connectivity index (χ0v) is 23.4. The van der Waals surface area contributed by atoms with Gasteiger partial charge in [-0.1, -0.05) is 42.5 Å². The first kappa shape index (κ1) is 30.7. The highest BCUT2D eigenvalue weighted by atomic mass is 16.7. The minimum absolute atomic E-state index is 0.0329. The van der Waals surface area contributed by atoms with Gasteiger partial charge in [-0.25, -0.2) is 0 Å². The maximum absolute atomic E-state index is 12.9. The van der Waals surface area contributed by atoms with Gasteiger partial charge in [0.1, 0.15) is 24.1 Å². The lowest BCUT2D eigenvalue weighted by molar-refractivity contribution is -0.268. The standard InChI is InChI=1S/C31H41N3O7/c1-21-28(37)29(38)30(39)31(40-21)41-24-13-11-23(12-14-24)25-20-26(35)33-17-7-19-34(18-6-5-16-32-25)27(36)15-10-22-8-3-2-4-9-22/h2-4,8-15,21,25,28-32,37-39H,5-7,16-20H2,1H3,(H,33,35)/t21-,25-,28-,29+,30+,31-/m0/s1. The first-order valence-electron chi connectivity index (χ1n) is 14.3. The number of aliphatic hydroxyl groups is 3. The van der Waals surface area contributed by atoms with Crippen LogP contribution in [0.1, 0.15) is 49.8 Å². The van der Waals surface area contributed by atoms with Crippen LogP contribution in [-0.2, 0) is 14.3 Å². The third-order valence-electron chi connectivity index (χ3n) is 7.43. The fraction of sp³-hybridized carbons (Fsp3) is 0.484. The molecule has 2 aromatic carbocycles. The molecule has 0 unspecified atom stereocenters. The van der Waals surface area contributed by atoms with Crippen LogP contribution in [0.2, 0.25) is 0 Å². The van der Waals surface area contributed by atoms with E-state index in [4.69, 9.17) is 9.47 Å². The number of benzene rings is 2. The van der Waals surface area contributed by atoms with Crippen LogP contribution in [0.3, 0.4) is 0 Å². The molecule has 2 aromatic rings. The lowest BCUT2D eigenvalue weighted by atomic mass is 10.00. The molecule has 41 heavy (non-hydrogen) atoms. The molecule has 0 radical (unpaired) electrons. The summed E-state index contributed by atoms with van der Waals surface area (Å²) >= 11 is 0. The van der Waals surface area contributed by atoms with Gasteiger partial charge in [-0.2, -0.15) is 0 Å². The van der Waals surface area contributed by atoms with E-state index in [9.17, 15) is 24.9 Å². The Bertz CT molecular complexity index is 1140. The summed E-state index contributed by atoms with van der Waals surface area (Å²) in [5.41, 5.74) is 1.88. The normalized spacial score (nSPS) is 28.7. The van der Waals surface area contributed by atoms with Crippen LogP contribution < -0.4 is 15.4 Å². The summed E-state index contributed by atoms with van der Waals surface area (Å²) < 4.78 is 11.3. The third-order valence-corrected chi connectivity index (χ3v) is 7.43. The highest BCUT2D eigenvalue weighted by molar-refractivity contribution is 5.91. The summed E-state index contributed by atoms with van der Waals surface area (Å²) in [5, 5.41) is 36.6. The second-order valence-electron chi connectivity index (χ2n) is 10.6. The molecule has 2 aliphatic heterocycles. The van der Waals surface area contributed by atoms with E-state index in [-0.39, 0.29) is 24.3 Å². The van der Waals surface area contributed by atoms with E-state index in [1.807, 2.05) is 53.4 Å². The Balaban J connectivity index is 1.33. The number of hydrogen-bond donors (Lipinski definition) is 5. The van der Waals surface area contributed by atoms with Crippen LogP contribution in [-0.4, -0.2) is 88.9 Å². The minimum Gasteiger partial charge on any atom is -0.462 e. The first-order valence-corrected chi connectivity index (χ1v) is 14.3. The molecule has 5 N–H and O–H groups in total. The molecule has 2 aliphatic rings. The molecule has 6 atom stereocenters. The van der Waals surface area contributed by atoms with Gasteiger partial charge in [-0.15, -0.1) is 0 Å². The molecule has 10 nitrogen and oxygen atoms in total. The Morgan fingerprint density at radius 3 is 2.44 bits per heavy atom. The highest BCUT2D eigenvalue weighted by Crippen LogP contribution is 2.26. The van der Waals surface area contributed by atoms with Gasteiger partial charge in [-0.3, -0.25) is 9.59 Å². The van der Waals surface area contributed by atoms with Crippen LogP contribution in [0.5, 0.6) is 5.75 Å². The summed E-state index contributed by atoms with van der Waals surface area (Å²) in [7, 11) is 0. The van der Waals surface area contributed by atoms with E-state index in [0.29, 0.717) is 38.3 Å².